The zero-order chi connectivity index (χ0) is 15.5. The zero-order valence-electron chi connectivity index (χ0n) is 11.8. The fourth-order valence-electron chi connectivity index (χ4n) is 1.36. The van der Waals surface area contributed by atoms with Crippen LogP contribution < -0.4 is 16.1 Å². The van der Waals surface area contributed by atoms with E-state index in [-0.39, 0.29) is 25.6 Å². The Kier molecular flexibility index (Phi) is 7.52. The van der Waals surface area contributed by atoms with Crippen LogP contribution in [0.15, 0.2) is 30.3 Å². The summed E-state index contributed by atoms with van der Waals surface area (Å²) in [4.78, 5) is 38.7. The van der Waals surface area contributed by atoms with E-state index in [0.717, 1.165) is 5.56 Å². The number of hydrogen-bond donors (Lipinski definition) is 3. The van der Waals surface area contributed by atoms with E-state index in [9.17, 15) is 14.4 Å². The van der Waals surface area contributed by atoms with Crippen molar-refractivity contribution >= 4 is 17.7 Å². The molecule has 0 fully saturated rings. The van der Waals surface area contributed by atoms with Crippen molar-refractivity contribution in [1.82, 2.24) is 16.1 Å². The minimum Gasteiger partial charge on any atom is -0.347 e. The Bertz CT molecular complexity index is 476. The summed E-state index contributed by atoms with van der Waals surface area (Å²) in [6.07, 6.45) is 0.307. The van der Waals surface area contributed by atoms with Crippen LogP contribution in [0, 0.1) is 0 Å². The van der Waals surface area contributed by atoms with E-state index in [1.165, 1.54) is 0 Å². The first-order valence-electron chi connectivity index (χ1n) is 6.59. The second-order valence-electron chi connectivity index (χ2n) is 4.21. The summed E-state index contributed by atoms with van der Waals surface area (Å²) in [5, 5.41) is 4.77. The molecular weight excluding hydrogens is 274 g/mol. The first-order chi connectivity index (χ1) is 10.1. The third-order valence-electron chi connectivity index (χ3n) is 2.48. The minimum absolute atomic E-state index is 0.148. The summed E-state index contributed by atoms with van der Waals surface area (Å²) < 4.78 is 0. The van der Waals surface area contributed by atoms with Gasteiger partial charge in [0.05, 0.1) is 19.7 Å². The van der Waals surface area contributed by atoms with Gasteiger partial charge in [0.2, 0.25) is 11.8 Å². The Morgan fingerprint density at radius 3 is 2.24 bits per heavy atom. The Morgan fingerprint density at radius 1 is 0.952 bits per heavy atom. The van der Waals surface area contributed by atoms with E-state index in [2.05, 4.69) is 16.1 Å². The molecule has 114 valence electrons. The molecule has 21 heavy (non-hydrogen) atoms. The number of hydroxylamine groups is 1. The molecule has 0 saturated heterocycles. The molecule has 7 nitrogen and oxygen atoms in total. The number of hydrogen-bond acceptors (Lipinski definition) is 4. The second kappa shape index (κ2) is 9.49. The Morgan fingerprint density at radius 2 is 1.57 bits per heavy atom. The highest BCUT2D eigenvalue weighted by atomic mass is 16.6. The fraction of sp³-hybridized carbons (Fsp3) is 0.357. The topological polar surface area (TPSA) is 96.5 Å². The van der Waals surface area contributed by atoms with Crippen LogP contribution in [-0.2, 0) is 25.8 Å². The molecule has 0 atom stereocenters. The van der Waals surface area contributed by atoms with E-state index < -0.39 is 11.8 Å². The summed E-state index contributed by atoms with van der Waals surface area (Å²) >= 11 is 0. The summed E-state index contributed by atoms with van der Waals surface area (Å²) in [7, 11) is 0. The Balaban J connectivity index is 2.11. The fourth-order valence-corrected chi connectivity index (χ4v) is 1.36. The first kappa shape index (κ1) is 16.6. The van der Waals surface area contributed by atoms with Crippen molar-refractivity contribution < 1.29 is 19.2 Å². The average molecular weight is 293 g/mol. The molecule has 1 aromatic rings. The molecule has 0 bridgehead atoms. The predicted molar refractivity (Wildman–Crippen MR) is 75.7 cm³/mol. The van der Waals surface area contributed by atoms with E-state index in [1.807, 2.05) is 30.3 Å². The molecule has 1 aromatic carbocycles. The Labute approximate surface area is 123 Å². The molecule has 0 radical (unpaired) electrons. The number of rotatable bonds is 8. The molecule has 7 heteroatoms. The molecule has 0 saturated carbocycles. The highest BCUT2D eigenvalue weighted by Crippen LogP contribution is 1.98. The third-order valence-corrected chi connectivity index (χ3v) is 2.48. The van der Waals surface area contributed by atoms with Gasteiger partial charge in [0.15, 0.2) is 0 Å². The molecule has 0 aliphatic carbocycles. The van der Waals surface area contributed by atoms with E-state index in [4.69, 9.17) is 4.84 Å². The molecule has 0 aliphatic rings. The van der Waals surface area contributed by atoms with Crippen LogP contribution in [0.4, 0.5) is 0 Å². The highest BCUT2D eigenvalue weighted by molar-refractivity contribution is 5.87. The van der Waals surface area contributed by atoms with Gasteiger partial charge in [0.25, 0.3) is 5.91 Å². The molecular formula is C14H19N3O4. The maximum absolute atomic E-state index is 11.4. The minimum atomic E-state index is -0.471. The molecule has 0 aromatic heterocycles. The molecule has 1 rings (SSSR count). The van der Waals surface area contributed by atoms with E-state index >= 15 is 0 Å². The van der Waals surface area contributed by atoms with Gasteiger partial charge >= 0.3 is 0 Å². The maximum atomic E-state index is 11.4. The third kappa shape index (κ3) is 7.68. The molecule has 0 unspecified atom stereocenters. The molecule has 0 spiro atoms. The zero-order valence-corrected chi connectivity index (χ0v) is 11.8. The Hall–Kier alpha value is -2.41. The van der Waals surface area contributed by atoms with Gasteiger partial charge in [-0.05, 0) is 5.56 Å². The monoisotopic (exact) mass is 293 g/mol. The molecule has 3 amide bonds. The summed E-state index contributed by atoms with van der Waals surface area (Å²) in [6, 6.07) is 9.35. The van der Waals surface area contributed by atoms with E-state index in [1.54, 1.807) is 6.92 Å². The number of nitrogens with one attached hydrogen (secondary N) is 3. The summed E-state index contributed by atoms with van der Waals surface area (Å²) in [5.41, 5.74) is 3.14. The van der Waals surface area contributed by atoms with Crippen molar-refractivity contribution in [3.8, 4) is 0 Å². The van der Waals surface area contributed by atoms with Crippen molar-refractivity contribution in [1.29, 1.82) is 0 Å². The normalized spacial score (nSPS) is 9.76. The SMILES string of the molecule is CCC(=O)NCC(=O)NCC(=O)NOCc1ccccc1. The molecule has 0 aliphatic heterocycles. The molecule has 0 heterocycles. The highest BCUT2D eigenvalue weighted by Gasteiger charge is 2.06. The number of amides is 3. The van der Waals surface area contributed by atoms with Crippen LogP contribution in [0.2, 0.25) is 0 Å². The lowest BCUT2D eigenvalue weighted by Crippen LogP contribution is -2.41. The van der Waals surface area contributed by atoms with Gasteiger partial charge in [-0.15, -0.1) is 0 Å². The van der Waals surface area contributed by atoms with Gasteiger partial charge in [-0.3, -0.25) is 19.2 Å². The molecule has 3 N–H and O–H groups in total. The number of carbonyl (C=O) groups is 3. The summed E-state index contributed by atoms with van der Waals surface area (Å²) in [6.45, 7) is 1.57. The van der Waals surface area contributed by atoms with Gasteiger partial charge < -0.3 is 10.6 Å². The van der Waals surface area contributed by atoms with Gasteiger partial charge in [-0.25, -0.2) is 5.48 Å². The van der Waals surface area contributed by atoms with Crippen LogP contribution in [-0.4, -0.2) is 30.8 Å². The van der Waals surface area contributed by atoms with Crippen LogP contribution in [0.1, 0.15) is 18.9 Å². The van der Waals surface area contributed by atoms with Crippen molar-refractivity contribution in [2.75, 3.05) is 13.1 Å². The van der Waals surface area contributed by atoms with Crippen molar-refractivity contribution in [3.05, 3.63) is 35.9 Å². The smallest absolute Gasteiger partial charge is 0.262 e. The van der Waals surface area contributed by atoms with Crippen LogP contribution >= 0.6 is 0 Å². The van der Waals surface area contributed by atoms with Crippen LogP contribution in [0.5, 0.6) is 0 Å². The van der Waals surface area contributed by atoms with E-state index in [0.29, 0.717) is 6.42 Å². The average Bonchev–Trinajstić information content (AvgIpc) is 2.51. The van der Waals surface area contributed by atoms with Crippen molar-refractivity contribution in [2.45, 2.75) is 20.0 Å². The number of carbonyl (C=O) groups excluding carboxylic acids is 3. The lowest BCUT2D eigenvalue weighted by atomic mass is 10.2. The standard InChI is InChI=1S/C14H19N3O4/c1-2-12(18)15-8-13(19)16-9-14(20)17-21-10-11-6-4-3-5-7-11/h3-7H,2,8-10H2,1H3,(H,15,18)(H,16,19)(H,17,20). The van der Waals surface area contributed by atoms with Gasteiger partial charge in [-0.2, -0.15) is 0 Å². The van der Waals surface area contributed by atoms with Gasteiger partial charge in [0, 0.05) is 6.42 Å². The predicted octanol–water partition coefficient (Wildman–Crippen LogP) is -0.123. The van der Waals surface area contributed by atoms with Gasteiger partial charge in [0.1, 0.15) is 0 Å². The van der Waals surface area contributed by atoms with Crippen LogP contribution in [0.25, 0.3) is 0 Å². The quantitative estimate of drug-likeness (QED) is 0.582. The van der Waals surface area contributed by atoms with Crippen molar-refractivity contribution in [2.24, 2.45) is 0 Å². The van der Waals surface area contributed by atoms with Gasteiger partial charge in [-0.1, -0.05) is 37.3 Å². The first-order valence-corrected chi connectivity index (χ1v) is 6.59. The lowest BCUT2D eigenvalue weighted by Gasteiger charge is -2.08. The summed E-state index contributed by atoms with van der Waals surface area (Å²) in [5.74, 6) is -1.13. The maximum Gasteiger partial charge on any atom is 0.262 e. The lowest BCUT2D eigenvalue weighted by molar-refractivity contribution is -0.135. The second-order valence-corrected chi connectivity index (χ2v) is 4.21. The largest absolute Gasteiger partial charge is 0.347 e. The van der Waals surface area contributed by atoms with Crippen LogP contribution in [0.3, 0.4) is 0 Å². The van der Waals surface area contributed by atoms with Crippen molar-refractivity contribution in [3.63, 3.8) is 0 Å². The number of benzene rings is 1.